The Kier molecular flexibility index (Phi) is 5.23. The predicted molar refractivity (Wildman–Crippen MR) is 103 cm³/mol. The Labute approximate surface area is 162 Å². The maximum atomic E-state index is 12.4. The topological polar surface area (TPSA) is 99.1 Å². The van der Waals surface area contributed by atoms with E-state index in [1.54, 1.807) is 6.07 Å². The third kappa shape index (κ3) is 3.69. The number of phenols is 1. The first-order valence-corrected chi connectivity index (χ1v) is 9.94. The summed E-state index contributed by atoms with van der Waals surface area (Å²) in [5, 5.41) is 14.7. The molecule has 0 fully saturated rings. The minimum absolute atomic E-state index is 0.0171. The van der Waals surface area contributed by atoms with Crippen molar-refractivity contribution in [3.05, 3.63) is 58.1 Å². The van der Waals surface area contributed by atoms with Crippen molar-refractivity contribution in [2.45, 2.75) is 17.7 Å². The molecule has 1 amide bonds. The van der Waals surface area contributed by atoms with Crippen molar-refractivity contribution in [3.63, 3.8) is 0 Å². The largest absolute Gasteiger partial charge is 0.507 e. The van der Waals surface area contributed by atoms with E-state index in [0.29, 0.717) is 29.1 Å². The van der Waals surface area contributed by atoms with Crippen molar-refractivity contribution in [2.75, 3.05) is 14.1 Å². The van der Waals surface area contributed by atoms with Crippen LogP contribution < -0.4 is 5.43 Å². The molecule has 0 heterocycles. The lowest BCUT2D eigenvalue weighted by molar-refractivity contribution is 0.0954. The fourth-order valence-electron chi connectivity index (χ4n) is 2.85. The SMILES string of the molecule is CN(C)S(=O)(=O)c1cccc(C(=O)N/N=C2\CCc3c(Cl)ccc(O)c32)c1. The van der Waals surface area contributed by atoms with E-state index in [4.69, 9.17) is 11.6 Å². The summed E-state index contributed by atoms with van der Waals surface area (Å²) >= 11 is 6.14. The highest BCUT2D eigenvalue weighted by Gasteiger charge is 2.24. The predicted octanol–water partition coefficient (Wildman–Crippen LogP) is 2.38. The number of nitrogens with one attached hydrogen (secondary N) is 1. The number of phenolic OH excluding ortho intramolecular Hbond substituents is 1. The van der Waals surface area contributed by atoms with Crippen LogP contribution in [0.2, 0.25) is 5.02 Å². The van der Waals surface area contributed by atoms with E-state index in [1.165, 1.54) is 44.4 Å². The van der Waals surface area contributed by atoms with Crippen molar-refractivity contribution < 1.29 is 18.3 Å². The van der Waals surface area contributed by atoms with Gasteiger partial charge < -0.3 is 5.11 Å². The summed E-state index contributed by atoms with van der Waals surface area (Å²) in [5.74, 6) is -0.493. The number of aromatic hydroxyl groups is 1. The fraction of sp³-hybridized carbons (Fsp3) is 0.222. The second-order valence-corrected chi connectivity index (χ2v) is 8.79. The summed E-state index contributed by atoms with van der Waals surface area (Å²) < 4.78 is 25.5. The molecule has 1 aliphatic carbocycles. The third-order valence-corrected chi connectivity index (χ3v) is 6.47. The van der Waals surface area contributed by atoms with Gasteiger partial charge in [0.25, 0.3) is 5.91 Å². The highest BCUT2D eigenvalue weighted by Crippen LogP contribution is 2.35. The molecule has 7 nitrogen and oxygen atoms in total. The van der Waals surface area contributed by atoms with Crippen LogP contribution in [0.3, 0.4) is 0 Å². The molecule has 2 aromatic carbocycles. The number of sulfonamides is 1. The molecule has 0 saturated carbocycles. The highest BCUT2D eigenvalue weighted by atomic mass is 35.5. The smallest absolute Gasteiger partial charge is 0.271 e. The Morgan fingerprint density at radius 1 is 1.22 bits per heavy atom. The van der Waals surface area contributed by atoms with Crippen LogP contribution >= 0.6 is 11.6 Å². The van der Waals surface area contributed by atoms with Crippen molar-refractivity contribution in [1.29, 1.82) is 0 Å². The van der Waals surface area contributed by atoms with Gasteiger partial charge in [-0.25, -0.2) is 18.1 Å². The van der Waals surface area contributed by atoms with E-state index in [0.717, 1.165) is 9.87 Å². The van der Waals surface area contributed by atoms with E-state index in [2.05, 4.69) is 10.5 Å². The van der Waals surface area contributed by atoms with Gasteiger partial charge in [-0.05, 0) is 48.7 Å². The lowest BCUT2D eigenvalue weighted by Gasteiger charge is -2.12. The van der Waals surface area contributed by atoms with Crippen LogP contribution in [0.1, 0.15) is 27.9 Å². The van der Waals surface area contributed by atoms with Gasteiger partial charge in [-0.15, -0.1) is 0 Å². The van der Waals surface area contributed by atoms with E-state index in [-0.39, 0.29) is 16.2 Å². The normalized spacial score (nSPS) is 15.2. The number of carbonyl (C=O) groups excluding carboxylic acids is 1. The van der Waals surface area contributed by atoms with Gasteiger partial charge in [0.15, 0.2) is 0 Å². The lowest BCUT2D eigenvalue weighted by Crippen LogP contribution is -2.23. The standard InChI is InChI=1S/C18H18ClN3O4S/c1-22(2)27(25,26)12-5-3-4-11(10-12)18(24)21-20-15-8-6-13-14(19)7-9-16(23)17(13)15/h3-5,7,9-10,23H,6,8H2,1-2H3,(H,21,24)/b20-15+. The fourth-order valence-corrected chi connectivity index (χ4v) is 4.05. The van der Waals surface area contributed by atoms with Crippen LogP contribution in [0, 0.1) is 0 Å². The number of hydrogen-bond acceptors (Lipinski definition) is 5. The average molecular weight is 408 g/mol. The molecule has 0 bridgehead atoms. The Balaban J connectivity index is 1.85. The number of hydrazone groups is 1. The number of hydrogen-bond donors (Lipinski definition) is 2. The zero-order valence-corrected chi connectivity index (χ0v) is 16.3. The number of halogens is 1. The van der Waals surface area contributed by atoms with Gasteiger partial charge in [0.05, 0.1) is 10.6 Å². The number of nitrogens with zero attached hydrogens (tertiary/aromatic N) is 2. The summed E-state index contributed by atoms with van der Waals surface area (Å²) in [4.78, 5) is 12.4. The van der Waals surface area contributed by atoms with Crippen molar-refractivity contribution in [3.8, 4) is 5.75 Å². The van der Waals surface area contributed by atoms with E-state index < -0.39 is 15.9 Å². The summed E-state index contributed by atoms with van der Waals surface area (Å²) in [6, 6.07) is 8.82. The van der Waals surface area contributed by atoms with Crippen molar-refractivity contribution >= 4 is 33.2 Å². The Morgan fingerprint density at radius 3 is 2.67 bits per heavy atom. The van der Waals surface area contributed by atoms with Crippen LogP contribution in [-0.4, -0.2) is 43.5 Å². The Bertz CT molecular complexity index is 1050. The molecule has 9 heteroatoms. The van der Waals surface area contributed by atoms with E-state index in [1.807, 2.05) is 0 Å². The Morgan fingerprint density at radius 2 is 1.96 bits per heavy atom. The van der Waals surface area contributed by atoms with Gasteiger partial charge in [-0.1, -0.05) is 17.7 Å². The van der Waals surface area contributed by atoms with Crippen LogP contribution in [0.4, 0.5) is 0 Å². The van der Waals surface area contributed by atoms with Gasteiger partial charge >= 0.3 is 0 Å². The summed E-state index contributed by atoms with van der Waals surface area (Å²) in [5.41, 5.74) is 4.44. The number of amides is 1. The maximum Gasteiger partial charge on any atom is 0.271 e. The van der Waals surface area contributed by atoms with Gasteiger partial charge in [-0.2, -0.15) is 5.10 Å². The zero-order chi connectivity index (χ0) is 19.8. The second-order valence-electron chi connectivity index (χ2n) is 6.23. The van der Waals surface area contributed by atoms with Crippen molar-refractivity contribution in [1.82, 2.24) is 9.73 Å². The number of fused-ring (bicyclic) bond motifs is 1. The average Bonchev–Trinajstić information content (AvgIpc) is 3.08. The number of carbonyl (C=O) groups is 1. The molecule has 0 aliphatic heterocycles. The maximum absolute atomic E-state index is 12.4. The molecule has 0 saturated heterocycles. The molecule has 0 atom stereocenters. The molecule has 27 heavy (non-hydrogen) atoms. The molecule has 0 aromatic heterocycles. The first-order valence-electron chi connectivity index (χ1n) is 8.12. The molecular formula is C18H18ClN3O4S. The highest BCUT2D eigenvalue weighted by molar-refractivity contribution is 7.89. The van der Waals surface area contributed by atoms with Gasteiger partial charge in [0.1, 0.15) is 5.75 Å². The van der Waals surface area contributed by atoms with Crippen molar-refractivity contribution in [2.24, 2.45) is 5.10 Å². The summed E-state index contributed by atoms with van der Waals surface area (Å²) in [7, 11) is -0.804. The molecule has 2 N–H and O–H groups in total. The molecule has 3 rings (SSSR count). The van der Waals surface area contributed by atoms with E-state index in [9.17, 15) is 18.3 Å². The molecule has 1 aliphatic rings. The quantitative estimate of drug-likeness (QED) is 0.760. The van der Waals surface area contributed by atoms with Gasteiger partial charge in [0.2, 0.25) is 10.0 Å². The Hall–Kier alpha value is -2.42. The van der Waals surface area contributed by atoms with Gasteiger partial charge in [-0.3, -0.25) is 4.79 Å². The number of rotatable bonds is 4. The molecule has 0 unspecified atom stereocenters. The van der Waals surface area contributed by atoms with Crippen LogP contribution in [0.15, 0.2) is 46.4 Å². The monoisotopic (exact) mass is 407 g/mol. The first-order chi connectivity index (χ1) is 12.7. The second kappa shape index (κ2) is 7.30. The molecule has 142 valence electrons. The summed E-state index contributed by atoms with van der Waals surface area (Å²) in [6.45, 7) is 0. The minimum Gasteiger partial charge on any atom is -0.507 e. The first kappa shape index (κ1) is 19.3. The van der Waals surface area contributed by atoms with Crippen LogP contribution in [0.25, 0.3) is 0 Å². The molecular weight excluding hydrogens is 390 g/mol. The number of benzene rings is 2. The zero-order valence-electron chi connectivity index (χ0n) is 14.7. The summed E-state index contributed by atoms with van der Waals surface area (Å²) in [6.07, 6.45) is 1.15. The minimum atomic E-state index is -3.64. The molecule has 0 spiro atoms. The van der Waals surface area contributed by atoms with Gasteiger partial charge in [0, 0.05) is 30.2 Å². The van der Waals surface area contributed by atoms with E-state index >= 15 is 0 Å². The molecule has 0 radical (unpaired) electrons. The lowest BCUT2D eigenvalue weighted by atomic mass is 10.1. The van der Waals surface area contributed by atoms with Crippen LogP contribution in [0.5, 0.6) is 5.75 Å². The molecule has 2 aromatic rings. The third-order valence-electron chi connectivity index (χ3n) is 4.30. The van der Waals surface area contributed by atoms with Crippen LogP contribution in [-0.2, 0) is 16.4 Å².